The van der Waals surface area contributed by atoms with Crippen molar-refractivity contribution in [1.82, 2.24) is 21.3 Å². The van der Waals surface area contributed by atoms with Gasteiger partial charge in [-0.15, -0.1) is 0 Å². The lowest BCUT2D eigenvalue weighted by molar-refractivity contribution is -0.143. The minimum absolute atomic E-state index is 0.310. The molecule has 3 amide bonds. The number of carbonyl (C=O) groups excluding carboxylic acids is 3. The Bertz CT molecular complexity index is 604. The molecule has 0 aromatic rings. The van der Waals surface area contributed by atoms with Crippen molar-refractivity contribution < 1.29 is 34.2 Å². The van der Waals surface area contributed by atoms with Crippen LogP contribution >= 0.6 is 0 Å². The third-order valence-corrected chi connectivity index (χ3v) is 4.61. The Labute approximate surface area is 162 Å². The third-order valence-electron chi connectivity index (χ3n) is 4.61. The molecule has 1 fully saturated rings. The van der Waals surface area contributed by atoms with E-state index in [9.17, 15) is 29.1 Å². The minimum Gasteiger partial charge on any atom is -0.481 e. The minimum atomic E-state index is -1.34. The molecule has 1 aliphatic heterocycles. The molecule has 28 heavy (non-hydrogen) atoms. The van der Waals surface area contributed by atoms with Gasteiger partial charge in [-0.3, -0.25) is 19.2 Å². The summed E-state index contributed by atoms with van der Waals surface area (Å²) < 4.78 is 0. The SMILES string of the molecule is CCC(C)C(NC(=O)CNC(=O)C(CC(=O)O)NC(=O)C1CCCN1)C(=O)O. The van der Waals surface area contributed by atoms with Crippen molar-refractivity contribution in [3.63, 3.8) is 0 Å². The number of carboxylic acid groups (broad SMARTS) is 2. The maximum Gasteiger partial charge on any atom is 0.326 e. The zero-order valence-corrected chi connectivity index (χ0v) is 16.0. The highest BCUT2D eigenvalue weighted by Gasteiger charge is 2.30. The zero-order chi connectivity index (χ0) is 21.3. The van der Waals surface area contributed by atoms with Crippen molar-refractivity contribution in [1.29, 1.82) is 0 Å². The topological polar surface area (TPSA) is 174 Å². The van der Waals surface area contributed by atoms with Gasteiger partial charge in [0.2, 0.25) is 17.7 Å². The fraction of sp³-hybridized carbons (Fsp3) is 0.706. The Morgan fingerprint density at radius 1 is 1.14 bits per heavy atom. The Hall–Kier alpha value is -2.69. The number of nitrogens with one attached hydrogen (secondary N) is 4. The molecule has 1 aliphatic rings. The second kappa shape index (κ2) is 11.2. The summed E-state index contributed by atoms with van der Waals surface area (Å²) in [7, 11) is 0. The van der Waals surface area contributed by atoms with E-state index in [0.29, 0.717) is 19.4 Å². The average molecular weight is 400 g/mol. The summed E-state index contributed by atoms with van der Waals surface area (Å²) in [5.74, 6) is -4.82. The molecule has 1 saturated heterocycles. The van der Waals surface area contributed by atoms with Gasteiger partial charge < -0.3 is 31.5 Å². The molecule has 0 saturated carbocycles. The van der Waals surface area contributed by atoms with Gasteiger partial charge in [-0.2, -0.15) is 0 Å². The van der Waals surface area contributed by atoms with E-state index in [2.05, 4.69) is 21.3 Å². The summed E-state index contributed by atoms with van der Waals surface area (Å²) in [6.45, 7) is 3.59. The number of rotatable bonds is 11. The number of aliphatic carboxylic acids is 2. The van der Waals surface area contributed by atoms with Gasteiger partial charge in [-0.1, -0.05) is 20.3 Å². The van der Waals surface area contributed by atoms with Crippen molar-refractivity contribution in [2.24, 2.45) is 5.92 Å². The summed E-state index contributed by atoms with van der Waals surface area (Å²) in [6.07, 6.45) is 1.28. The molecule has 11 heteroatoms. The van der Waals surface area contributed by atoms with Gasteiger partial charge in [0.1, 0.15) is 12.1 Å². The van der Waals surface area contributed by atoms with E-state index in [4.69, 9.17) is 5.11 Å². The van der Waals surface area contributed by atoms with Gasteiger partial charge in [0.05, 0.1) is 19.0 Å². The first kappa shape index (κ1) is 23.3. The van der Waals surface area contributed by atoms with Crippen LogP contribution in [0.3, 0.4) is 0 Å². The van der Waals surface area contributed by atoms with Crippen molar-refractivity contribution in [3.8, 4) is 0 Å². The molecule has 0 radical (unpaired) electrons. The lowest BCUT2D eigenvalue weighted by atomic mass is 9.99. The van der Waals surface area contributed by atoms with Crippen LogP contribution in [0.1, 0.15) is 39.5 Å². The van der Waals surface area contributed by atoms with Crippen LogP contribution in [0.2, 0.25) is 0 Å². The predicted octanol–water partition coefficient (Wildman–Crippen LogP) is -1.57. The van der Waals surface area contributed by atoms with Crippen molar-refractivity contribution >= 4 is 29.7 Å². The van der Waals surface area contributed by atoms with Crippen LogP contribution in [-0.2, 0) is 24.0 Å². The quantitative estimate of drug-likeness (QED) is 0.241. The standard InChI is InChI=1S/C17H28N4O7/c1-3-9(2)14(17(27)28)21-12(22)8-19-15(25)11(7-13(23)24)20-16(26)10-5-4-6-18-10/h9-11,14,18H,3-8H2,1-2H3,(H,19,25)(H,20,26)(H,21,22)(H,23,24)(H,27,28). The van der Waals surface area contributed by atoms with E-state index in [1.807, 2.05) is 0 Å². The smallest absolute Gasteiger partial charge is 0.326 e. The van der Waals surface area contributed by atoms with E-state index < -0.39 is 60.8 Å². The first-order chi connectivity index (χ1) is 13.1. The summed E-state index contributed by atoms with van der Waals surface area (Å²) in [6, 6.07) is -2.93. The van der Waals surface area contributed by atoms with Gasteiger partial charge in [-0.05, 0) is 25.3 Å². The Kier molecular flexibility index (Phi) is 9.36. The molecule has 0 aromatic carbocycles. The molecule has 0 aromatic heterocycles. The lowest BCUT2D eigenvalue weighted by Crippen LogP contribution is -2.54. The van der Waals surface area contributed by atoms with E-state index in [0.717, 1.165) is 6.42 Å². The zero-order valence-electron chi connectivity index (χ0n) is 16.0. The first-order valence-electron chi connectivity index (χ1n) is 9.21. The number of carboxylic acids is 2. The van der Waals surface area contributed by atoms with Crippen LogP contribution in [0, 0.1) is 5.92 Å². The van der Waals surface area contributed by atoms with Crippen LogP contribution in [0.15, 0.2) is 0 Å². The van der Waals surface area contributed by atoms with E-state index >= 15 is 0 Å². The van der Waals surface area contributed by atoms with Gasteiger partial charge >= 0.3 is 11.9 Å². The summed E-state index contributed by atoms with van der Waals surface area (Å²) in [4.78, 5) is 58.5. The Balaban J connectivity index is 2.61. The van der Waals surface area contributed by atoms with Crippen LogP contribution in [0.25, 0.3) is 0 Å². The van der Waals surface area contributed by atoms with Gasteiger partial charge in [-0.25, -0.2) is 4.79 Å². The number of carbonyl (C=O) groups is 5. The van der Waals surface area contributed by atoms with Crippen molar-refractivity contribution in [2.45, 2.75) is 57.7 Å². The summed E-state index contributed by atoms with van der Waals surface area (Å²) >= 11 is 0. The molecule has 6 N–H and O–H groups in total. The predicted molar refractivity (Wildman–Crippen MR) is 97.2 cm³/mol. The van der Waals surface area contributed by atoms with E-state index in [1.54, 1.807) is 13.8 Å². The fourth-order valence-corrected chi connectivity index (χ4v) is 2.76. The highest BCUT2D eigenvalue weighted by Crippen LogP contribution is 2.08. The van der Waals surface area contributed by atoms with Gasteiger partial charge in [0, 0.05) is 0 Å². The average Bonchev–Trinajstić information content (AvgIpc) is 3.17. The summed E-state index contributed by atoms with van der Waals surface area (Å²) in [5, 5.41) is 28.0. The molecule has 4 unspecified atom stereocenters. The van der Waals surface area contributed by atoms with Gasteiger partial charge in [0.15, 0.2) is 0 Å². The Morgan fingerprint density at radius 3 is 2.32 bits per heavy atom. The van der Waals surface area contributed by atoms with Crippen molar-refractivity contribution in [3.05, 3.63) is 0 Å². The van der Waals surface area contributed by atoms with Crippen LogP contribution in [-0.4, -0.2) is 71.1 Å². The molecule has 0 bridgehead atoms. The first-order valence-corrected chi connectivity index (χ1v) is 9.21. The molecular weight excluding hydrogens is 372 g/mol. The molecular formula is C17H28N4O7. The van der Waals surface area contributed by atoms with E-state index in [-0.39, 0.29) is 5.92 Å². The maximum atomic E-state index is 12.2. The highest BCUT2D eigenvalue weighted by atomic mass is 16.4. The number of hydrogen-bond donors (Lipinski definition) is 6. The second-order valence-corrected chi connectivity index (χ2v) is 6.79. The summed E-state index contributed by atoms with van der Waals surface area (Å²) in [5.41, 5.74) is 0. The largest absolute Gasteiger partial charge is 0.481 e. The van der Waals surface area contributed by atoms with Crippen molar-refractivity contribution in [2.75, 3.05) is 13.1 Å². The number of amides is 3. The van der Waals surface area contributed by atoms with Crippen LogP contribution < -0.4 is 21.3 Å². The molecule has 4 atom stereocenters. The third kappa shape index (κ3) is 7.51. The molecule has 0 spiro atoms. The Morgan fingerprint density at radius 2 is 1.82 bits per heavy atom. The van der Waals surface area contributed by atoms with E-state index in [1.165, 1.54) is 0 Å². The number of hydrogen-bond acceptors (Lipinski definition) is 6. The molecule has 1 rings (SSSR count). The second-order valence-electron chi connectivity index (χ2n) is 6.79. The van der Waals surface area contributed by atoms with Crippen LogP contribution in [0.5, 0.6) is 0 Å². The molecule has 158 valence electrons. The molecule has 11 nitrogen and oxygen atoms in total. The molecule has 1 heterocycles. The molecule has 0 aliphatic carbocycles. The lowest BCUT2D eigenvalue weighted by Gasteiger charge is -2.21. The monoisotopic (exact) mass is 400 g/mol. The highest BCUT2D eigenvalue weighted by molar-refractivity contribution is 5.94. The normalized spacial score (nSPS) is 19.1. The fourth-order valence-electron chi connectivity index (χ4n) is 2.76. The van der Waals surface area contributed by atoms with Gasteiger partial charge in [0.25, 0.3) is 0 Å². The maximum absolute atomic E-state index is 12.2. The van der Waals surface area contributed by atoms with Crippen LogP contribution in [0.4, 0.5) is 0 Å².